The Kier molecular flexibility index (Phi) is 4.04. The summed E-state index contributed by atoms with van der Waals surface area (Å²) in [4.78, 5) is 11.7. The highest BCUT2D eigenvalue weighted by atomic mass is 16.5. The van der Waals surface area contributed by atoms with Gasteiger partial charge in [0.2, 0.25) is 11.8 Å². The van der Waals surface area contributed by atoms with E-state index in [2.05, 4.69) is 20.1 Å². The van der Waals surface area contributed by atoms with Gasteiger partial charge in [-0.15, -0.1) is 5.10 Å². The molecule has 1 N–H and O–H groups in total. The topological polar surface area (TPSA) is 82.2 Å². The number of nitrogens with zero attached hydrogens (tertiary/aromatic N) is 3. The molecular formula is C15H16N4O3. The van der Waals surface area contributed by atoms with Crippen molar-refractivity contribution >= 4 is 22.6 Å². The molecule has 7 heteroatoms. The van der Waals surface area contributed by atoms with Crippen molar-refractivity contribution in [3.63, 3.8) is 0 Å². The van der Waals surface area contributed by atoms with Gasteiger partial charge in [0.25, 0.3) is 0 Å². The molecule has 3 aromatic rings. The zero-order valence-corrected chi connectivity index (χ0v) is 12.2. The van der Waals surface area contributed by atoms with Gasteiger partial charge < -0.3 is 14.6 Å². The fourth-order valence-corrected chi connectivity index (χ4v) is 2.17. The highest BCUT2D eigenvalue weighted by Crippen LogP contribution is 2.23. The molecule has 2 heterocycles. The number of rotatable bonds is 6. The predicted molar refractivity (Wildman–Crippen MR) is 80.6 cm³/mol. The third-order valence-electron chi connectivity index (χ3n) is 3.22. The molecule has 0 fully saturated rings. The molecular weight excluding hydrogens is 284 g/mol. The summed E-state index contributed by atoms with van der Waals surface area (Å²) in [5.74, 6) is 0.889. The fraction of sp³-hybridized carbons (Fsp3) is 0.267. The van der Waals surface area contributed by atoms with Gasteiger partial charge in [-0.25, -0.2) is 0 Å². The van der Waals surface area contributed by atoms with Crippen LogP contribution in [0.4, 0.5) is 5.82 Å². The lowest BCUT2D eigenvalue weighted by Crippen LogP contribution is -2.13. The van der Waals surface area contributed by atoms with Gasteiger partial charge in [-0.05, 0) is 18.6 Å². The highest BCUT2D eigenvalue weighted by molar-refractivity contribution is 5.89. The number of ether oxygens (including phenoxy) is 1. The molecule has 22 heavy (non-hydrogen) atoms. The quantitative estimate of drug-likeness (QED) is 0.707. The van der Waals surface area contributed by atoms with Crippen LogP contribution in [0.25, 0.3) is 10.9 Å². The Hall–Kier alpha value is -2.83. The van der Waals surface area contributed by atoms with Crippen LogP contribution >= 0.6 is 0 Å². The maximum atomic E-state index is 11.7. The van der Waals surface area contributed by atoms with E-state index in [1.165, 1.54) is 6.26 Å². The van der Waals surface area contributed by atoms with Crippen molar-refractivity contribution in [3.05, 3.63) is 36.6 Å². The van der Waals surface area contributed by atoms with E-state index in [-0.39, 0.29) is 5.91 Å². The smallest absolute Gasteiger partial charge is 0.240 e. The highest BCUT2D eigenvalue weighted by Gasteiger charge is 2.09. The number of hydrogen-bond acceptors (Lipinski definition) is 5. The Morgan fingerprint density at radius 1 is 1.36 bits per heavy atom. The van der Waals surface area contributed by atoms with Gasteiger partial charge in [0, 0.05) is 19.5 Å². The molecule has 2 aromatic heterocycles. The number of aromatic nitrogens is 3. The van der Waals surface area contributed by atoms with Crippen LogP contribution in [0.1, 0.15) is 12.8 Å². The lowest BCUT2D eigenvalue weighted by Gasteiger charge is -2.03. The summed E-state index contributed by atoms with van der Waals surface area (Å²) in [6.45, 7) is 0.424. The number of fused-ring (bicyclic) bond motifs is 1. The number of benzene rings is 1. The Labute approximate surface area is 126 Å². The molecule has 114 valence electrons. The molecule has 3 rings (SSSR count). The van der Waals surface area contributed by atoms with E-state index < -0.39 is 0 Å². The first-order chi connectivity index (χ1) is 10.7. The van der Waals surface area contributed by atoms with Crippen molar-refractivity contribution in [1.82, 2.24) is 14.9 Å². The average molecular weight is 300 g/mol. The largest absolute Gasteiger partial charge is 0.476 e. The number of amides is 1. The lowest BCUT2D eigenvalue weighted by molar-refractivity contribution is -0.116. The molecule has 0 bridgehead atoms. The Morgan fingerprint density at radius 2 is 2.23 bits per heavy atom. The molecule has 0 saturated carbocycles. The summed E-state index contributed by atoms with van der Waals surface area (Å²) >= 11 is 0. The van der Waals surface area contributed by atoms with E-state index in [0.29, 0.717) is 31.1 Å². The van der Waals surface area contributed by atoms with Crippen LogP contribution < -0.4 is 10.1 Å². The summed E-state index contributed by atoms with van der Waals surface area (Å²) in [6.07, 6.45) is 2.34. The van der Waals surface area contributed by atoms with Crippen LogP contribution in [-0.2, 0) is 11.8 Å². The van der Waals surface area contributed by atoms with Gasteiger partial charge in [0.05, 0.1) is 17.5 Å². The number of para-hydroxylation sites is 1. The van der Waals surface area contributed by atoms with Crippen LogP contribution in [-0.4, -0.2) is 27.5 Å². The molecule has 0 atom stereocenters. The molecule has 7 nitrogen and oxygen atoms in total. The van der Waals surface area contributed by atoms with E-state index in [1.807, 2.05) is 31.3 Å². The number of nitrogens with one attached hydrogen (secondary N) is 1. The molecule has 1 amide bonds. The predicted octanol–water partition coefficient (Wildman–Crippen LogP) is 2.36. The number of carbonyl (C=O) groups is 1. The first kappa shape index (κ1) is 14.1. The summed E-state index contributed by atoms with van der Waals surface area (Å²) in [7, 11) is 1.88. The minimum atomic E-state index is -0.122. The summed E-state index contributed by atoms with van der Waals surface area (Å²) < 4.78 is 12.1. The van der Waals surface area contributed by atoms with Crippen molar-refractivity contribution in [2.24, 2.45) is 7.05 Å². The van der Waals surface area contributed by atoms with E-state index >= 15 is 0 Å². The van der Waals surface area contributed by atoms with E-state index in [9.17, 15) is 4.79 Å². The van der Waals surface area contributed by atoms with Gasteiger partial charge in [0.1, 0.15) is 6.26 Å². The van der Waals surface area contributed by atoms with Gasteiger partial charge >= 0.3 is 0 Å². The third-order valence-corrected chi connectivity index (χ3v) is 3.22. The number of aryl methyl sites for hydroxylation is 1. The van der Waals surface area contributed by atoms with Crippen molar-refractivity contribution in [1.29, 1.82) is 0 Å². The van der Waals surface area contributed by atoms with Gasteiger partial charge in [-0.1, -0.05) is 17.3 Å². The maximum Gasteiger partial charge on any atom is 0.240 e. The number of carbonyl (C=O) groups excluding carboxylic acids is 1. The molecule has 0 aliphatic carbocycles. The molecule has 0 aliphatic rings. The monoisotopic (exact) mass is 300 g/mol. The lowest BCUT2D eigenvalue weighted by atomic mass is 10.2. The molecule has 0 saturated heterocycles. The minimum Gasteiger partial charge on any atom is -0.476 e. The van der Waals surface area contributed by atoms with Crippen LogP contribution in [0.5, 0.6) is 5.88 Å². The normalized spacial score (nSPS) is 10.8. The minimum absolute atomic E-state index is 0.122. The number of anilines is 1. The Bertz CT molecular complexity index is 764. The second kappa shape index (κ2) is 6.30. The molecule has 0 aliphatic heterocycles. The summed E-state index contributed by atoms with van der Waals surface area (Å²) in [6, 6.07) is 9.45. The average Bonchev–Trinajstić information content (AvgIpc) is 3.13. The van der Waals surface area contributed by atoms with Gasteiger partial charge in [0.15, 0.2) is 5.82 Å². The standard InChI is InChI=1S/C15H16N4O3/c1-19-12-6-3-2-5-11(12)15(17-19)21-9-4-7-14(20)16-13-8-10-22-18-13/h2-3,5-6,8,10H,4,7,9H2,1H3,(H,16,18,20). The van der Waals surface area contributed by atoms with Crippen molar-refractivity contribution in [2.75, 3.05) is 11.9 Å². The maximum absolute atomic E-state index is 11.7. The first-order valence-electron chi connectivity index (χ1n) is 6.99. The van der Waals surface area contributed by atoms with Crippen LogP contribution in [0, 0.1) is 0 Å². The van der Waals surface area contributed by atoms with Gasteiger partial charge in [-0.2, -0.15) is 0 Å². The van der Waals surface area contributed by atoms with Crippen LogP contribution in [0.3, 0.4) is 0 Å². The van der Waals surface area contributed by atoms with Crippen molar-refractivity contribution in [2.45, 2.75) is 12.8 Å². The zero-order valence-electron chi connectivity index (χ0n) is 12.2. The van der Waals surface area contributed by atoms with E-state index in [1.54, 1.807) is 10.7 Å². The molecule has 0 spiro atoms. The third kappa shape index (κ3) is 3.08. The van der Waals surface area contributed by atoms with E-state index in [4.69, 9.17) is 4.74 Å². The van der Waals surface area contributed by atoms with Gasteiger partial charge in [-0.3, -0.25) is 9.48 Å². The van der Waals surface area contributed by atoms with E-state index in [0.717, 1.165) is 10.9 Å². The van der Waals surface area contributed by atoms with Crippen LogP contribution in [0.2, 0.25) is 0 Å². The molecule has 0 radical (unpaired) electrons. The first-order valence-corrected chi connectivity index (χ1v) is 6.99. The van der Waals surface area contributed by atoms with Crippen LogP contribution in [0.15, 0.2) is 41.1 Å². The second-order valence-electron chi connectivity index (χ2n) is 4.83. The molecule has 1 aromatic carbocycles. The zero-order chi connectivity index (χ0) is 15.4. The molecule has 0 unspecified atom stereocenters. The second-order valence-corrected chi connectivity index (χ2v) is 4.83. The van der Waals surface area contributed by atoms with Crippen molar-refractivity contribution < 1.29 is 14.1 Å². The number of hydrogen-bond donors (Lipinski definition) is 1. The SMILES string of the molecule is Cn1nc(OCCCC(=O)Nc2ccon2)c2ccccc21. The Morgan fingerprint density at radius 3 is 3.05 bits per heavy atom. The summed E-state index contributed by atoms with van der Waals surface area (Å²) in [5.41, 5.74) is 1.02. The fourth-order valence-electron chi connectivity index (χ4n) is 2.17. The Balaban J connectivity index is 1.49. The summed E-state index contributed by atoms with van der Waals surface area (Å²) in [5, 5.41) is 11.6. The van der Waals surface area contributed by atoms with Crippen molar-refractivity contribution in [3.8, 4) is 5.88 Å².